The Morgan fingerprint density at radius 3 is 2.54 bits per heavy atom. The van der Waals surface area contributed by atoms with Crippen LogP contribution in [0, 0.1) is 0 Å². The molecular formula is C20H28N2O3S. The van der Waals surface area contributed by atoms with E-state index >= 15 is 0 Å². The van der Waals surface area contributed by atoms with Gasteiger partial charge in [0.2, 0.25) is 0 Å². The zero-order valence-corrected chi connectivity index (χ0v) is 16.3. The summed E-state index contributed by atoms with van der Waals surface area (Å²) in [6.07, 6.45) is 4.80. The van der Waals surface area contributed by atoms with Crippen molar-refractivity contribution in [3.05, 3.63) is 35.4 Å². The highest BCUT2D eigenvalue weighted by molar-refractivity contribution is 7.99. The molecule has 1 unspecified atom stereocenters. The lowest BCUT2D eigenvalue weighted by Crippen LogP contribution is -2.49. The Morgan fingerprint density at radius 2 is 1.81 bits per heavy atom. The number of hydrogen-bond donors (Lipinski definition) is 0. The maximum absolute atomic E-state index is 13.3. The van der Waals surface area contributed by atoms with Crippen molar-refractivity contribution in [1.29, 1.82) is 0 Å². The Balaban J connectivity index is 1.81. The van der Waals surface area contributed by atoms with Crippen LogP contribution < -0.4 is 0 Å². The molecule has 142 valence electrons. The molecule has 2 aliphatic rings. The summed E-state index contributed by atoms with van der Waals surface area (Å²) in [6, 6.07) is 7.19. The van der Waals surface area contributed by atoms with Gasteiger partial charge in [0, 0.05) is 18.8 Å². The summed E-state index contributed by atoms with van der Waals surface area (Å²) >= 11 is 1.93. The average molecular weight is 377 g/mol. The first-order chi connectivity index (χ1) is 12.7. The number of methoxy groups -OCH3 is 1. The van der Waals surface area contributed by atoms with E-state index in [0.717, 1.165) is 44.1 Å². The molecule has 1 atom stereocenters. The van der Waals surface area contributed by atoms with E-state index in [9.17, 15) is 9.59 Å². The first kappa shape index (κ1) is 19.2. The topological polar surface area (TPSA) is 49.9 Å². The van der Waals surface area contributed by atoms with Crippen LogP contribution in [-0.4, -0.2) is 72.5 Å². The highest BCUT2D eigenvalue weighted by Crippen LogP contribution is 2.22. The molecule has 2 saturated heterocycles. The summed E-state index contributed by atoms with van der Waals surface area (Å²) in [5, 5.41) is 0. The zero-order valence-electron chi connectivity index (χ0n) is 15.5. The van der Waals surface area contributed by atoms with Crippen molar-refractivity contribution in [2.24, 2.45) is 0 Å². The number of piperidine rings is 1. The van der Waals surface area contributed by atoms with Crippen LogP contribution in [0.5, 0.6) is 0 Å². The zero-order chi connectivity index (χ0) is 18.4. The van der Waals surface area contributed by atoms with Gasteiger partial charge in [-0.25, -0.2) is 4.79 Å². The fraction of sp³-hybridized carbons (Fsp3) is 0.600. The molecule has 0 bridgehead atoms. The van der Waals surface area contributed by atoms with Crippen molar-refractivity contribution >= 4 is 23.6 Å². The van der Waals surface area contributed by atoms with E-state index in [2.05, 4.69) is 4.90 Å². The van der Waals surface area contributed by atoms with Gasteiger partial charge in [0.1, 0.15) is 0 Å². The maximum Gasteiger partial charge on any atom is 0.338 e. The second kappa shape index (κ2) is 9.42. The molecule has 1 aromatic carbocycles. The Hall–Kier alpha value is -1.53. The molecule has 2 aliphatic heterocycles. The normalized spacial score (nSPS) is 21.9. The van der Waals surface area contributed by atoms with Crippen molar-refractivity contribution in [2.75, 3.05) is 44.8 Å². The quantitative estimate of drug-likeness (QED) is 0.757. The first-order valence-corrected chi connectivity index (χ1v) is 10.6. The molecule has 6 heteroatoms. The van der Waals surface area contributed by atoms with E-state index in [1.165, 1.54) is 26.4 Å². The van der Waals surface area contributed by atoms with Crippen molar-refractivity contribution in [3.8, 4) is 0 Å². The highest BCUT2D eigenvalue weighted by atomic mass is 32.2. The maximum atomic E-state index is 13.3. The minimum absolute atomic E-state index is 0.0458. The number of thioether (sulfide) groups is 1. The standard InChI is InChI=1S/C20H28N2O3S/c1-25-20(24)18-9-4-3-8-17(18)19(23)22-12-7-13-26-15-16(22)14-21-10-5-2-6-11-21/h3-4,8-9,16H,2,5-7,10-15H2,1H3. The van der Waals surface area contributed by atoms with Crippen LogP contribution in [0.25, 0.3) is 0 Å². The molecule has 0 aromatic heterocycles. The van der Waals surface area contributed by atoms with Crippen LogP contribution in [0.15, 0.2) is 24.3 Å². The first-order valence-electron chi connectivity index (χ1n) is 9.49. The second-order valence-corrected chi connectivity index (χ2v) is 8.13. The molecule has 1 aromatic rings. The van der Waals surface area contributed by atoms with Gasteiger partial charge in [0.25, 0.3) is 5.91 Å². The van der Waals surface area contributed by atoms with Crippen LogP contribution in [-0.2, 0) is 4.74 Å². The van der Waals surface area contributed by atoms with Crippen molar-refractivity contribution < 1.29 is 14.3 Å². The molecule has 3 rings (SSSR count). The van der Waals surface area contributed by atoms with Gasteiger partial charge < -0.3 is 14.5 Å². The lowest BCUT2D eigenvalue weighted by atomic mass is 10.0. The Kier molecular flexibility index (Phi) is 6.97. The Bertz CT molecular complexity index is 631. The van der Waals surface area contributed by atoms with E-state index < -0.39 is 5.97 Å². The van der Waals surface area contributed by atoms with E-state index in [0.29, 0.717) is 11.1 Å². The number of hydrogen-bond acceptors (Lipinski definition) is 5. The van der Waals surface area contributed by atoms with Crippen LogP contribution in [0.2, 0.25) is 0 Å². The Morgan fingerprint density at radius 1 is 1.08 bits per heavy atom. The van der Waals surface area contributed by atoms with Crippen LogP contribution in [0.4, 0.5) is 0 Å². The summed E-state index contributed by atoms with van der Waals surface area (Å²) in [7, 11) is 1.35. The number of benzene rings is 1. The molecule has 0 spiro atoms. The fourth-order valence-electron chi connectivity index (χ4n) is 3.80. The fourth-order valence-corrected chi connectivity index (χ4v) is 4.86. The second-order valence-electron chi connectivity index (χ2n) is 6.98. The summed E-state index contributed by atoms with van der Waals surface area (Å²) < 4.78 is 4.87. The SMILES string of the molecule is COC(=O)c1ccccc1C(=O)N1CCCSCC1CN1CCCCC1. The van der Waals surface area contributed by atoms with E-state index in [4.69, 9.17) is 4.74 Å². The summed E-state index contributed by atoms with van der Waals surface area (Å²) in [6.45, 7) is 3.93. The third-order valence-corrected chi connectivity index (χ3v) is 6.38. The molecule has 26 heavy (non-hydrogen) atoms. The number of nitrogens with zero attached hydrogens (tertiary/aromatic N) is 2. The molecule has 0 N–H and O–H groups in total. The third kappa shape index (κ3) is 4.60. The number of likely N-dealkylation sites (tertiary alicyclic amines) is 1. The van der Waals surface area contributed by atoms with Gasteiger partial charge in [0.15, 0.2) is 0 Å². The van der Waals surface area contributed by atoms with Crippen LogP contribution in [0.3, 0.4) is 0 Å². The predicted octanol–water partition coefficient (Wildman–Crippen LogP) is 2.91. The summed E-state index contributed by atoms with van der Waals surface area (Å²) in [5.41, 5.74) is 0.809. The number of carbonyl (C=O) groups is 2. The largest absolute Gasteiger partial charge is 0.465 e. The van der Waals surface area contributed by atoms with Crippen LogP contribution in [0.1, 0.15) is 46.4 Å². The summed E-state index contributed by atoms with van der Waals surface area (Å²) in [5.74, 6) is 1.54. The average Bonchev–Trinajstić information content (AvgIpc) is 2.93. The molecule has 0 aliphatic carbocycles. The third-order valence-electron chi connectivity index (χ3n) is 5.18. The molecular weight excluding hydrogens is 348 g/mol. The number of ether oxygens (including phenoxy) is 1. The molecule has 1 amide bonds. The number of rotatable bonds is 4. The van der Waals surface area contributed by atoms with Crippen molar-refractivity contribution in [1.82, 2.24) is 9.80 Å². The number of amides is 1. The van der Waals surface area contributed by atoms with Gasteiger partial charge in [-0.15, -0.1) is 0 Å². The van der Waals surface area contributed by atoms with E-state index in [1.807, 2.05) is 22.7 Å². The van der Waals surface area contributed by atoms with E-state index in [-0.39, 0.29) is 11.9 Å². The summed E-state index contributed by atoms with van der Waals surface area (Å²) in [4.78, 5) is 29.9. The van der Waals surface area contributed by atoms with Gasteiger partial charge in [-0.2, -0.15) is 11.8 Å². The van der Waals surface area contributed by atoms with Gasteiger partial charge >= 0.3 is 5.97 Å². The van der Waals surface area contributed by atoms with Gasteiger partial charge in [-0.3, -0.25) is 4.79 Å². The van der Waals surface area contributed by atoms with Crippen molar-refractivity contribution in [3.63, 3.8) is 0 Å². The molecule has 5 nitrogen and oxygen atoms in total. The van der Waals surface area contributed by atoms with Crippen molar-refractivity contribution in [2.45, 2.75) is 31.7 Å². The van der Waals surface area contributed by atoms with Gasteiger partial charge in [0.05, 0.1) is 24.3 Å². The minimum atomic E-state index is -0.453. The predicted molar refractivity (Wildman–Crippen MR) is 105 cm³/mol. The lowest BCUT2D eigenvalue weighted by Gasteiger charge is -2.36. The van der Waals surface area contributed by atoms with Crippen LogP contribution >= 0.6 is 11.8 Å². The highest BCUT2D eigenvalue weighted by Gasteiger charge is 2.30. The molecule has 0 radical (unpaired) electrons. The van der Waals surface area contributed by atoms with Gasteiger partial charge in [-0.1, -0.05) is 18.6 Å². The molecule has 2 heterocycles. The number of carbonyl (C=O) groups excluding carboxylic acids is 2. The van der Waals surface area contributed by atoms with E-state index in [1.54, 1.807) is 18.2 Å². The smallest absolute Gasteiger partial charge is 0.338 e. The molecule has 0 saturated carbocycles. The number of esters is 1. The minimum Gasteiger partial charge on any atom is -0.465 e. The Labute approximate surface area is 160 Å². The molecule has 2 fully saturated rings. The lowest BCUT2D eigenvalue weighted by molar-refractivity contribution is 0.0575. The van der Waals surface area contributed by atoms with Gasteiger partial charge in [-0.05, 0) is 50.2 Å². The monoisotopic (exact) mass is 376 g/mol.